The van der Waals surface area contributed by atoms with Crippen LogP contribution in [0.2, 0.25) is 0 Å². The number of fused-ring (bicyclic) bond motifs is 2. The second-order valence-electron chi connectivity index (χ2n) is 9.65. The number of carbonyl (C=O) groups excluding carboxylic acids is 2. The van der Waals surface area contributed by atoms with Crippen LogP contribution in [-0.4, -0.2) is 51.6 Å². The van der Waals surface area contributed by atoms with Gasteiger partial charge < -0.3 is 25.4 Å². The minimum Gasteiger partial charge on any atom is -0.449 e. The Morgan fingerprint density at radius 3 is 1.33 bits per heavy atom. The van der Waals surface area contributed by atoms with Crippen LogP contribution in [0.25, 0.3) is 0 Å². The fourth-order valence-electron chi connectivity index (χ4n) is 5.64. The lowest BCUT2D eigenvalue weighted by Crippen LogP contribution is -2.37. The van der Waals surface area contributed by atoms with E-state index in [2.05, 4.69) is 39.6 Å². The Morgan fingerprint density at radius 1 is 0.606 bits per heavy atom. The van der Waals surface area contributed by atoms with Gasteiger partial charge in [0, 0.05) is 51.9 Å². The molecule has 7 heteroatoms. The zero-order chi connectivity index (χ0) is 22.9. The van der Waals surface area contributed by atoms with Crippen LogP contribution in [0.15, 0.2) is 0 Å². The highest BCUT2D eigenvalue weighted by Gasteiger charge is 2.50. The average Bonchev–Trinajstić information content (AvgIpc) is 3.63. The van der Waals surface area contributed by atoms with E-state index in [4.69, 9.17) is 9.47 Å². The monoisotopic (exact) mass is 455 g/mol. The van der Waals surface area contributed by atoms with E-state index in [0.29, 0.717) is 74.9 Å². The van der Waals surface area contributed by atoms with Crippen LogP contribution in [0, 0.1) is 59.2 Å². The van der Waals surface area contributed by atoms with E-state index in [1.165, 1.54) is 0 Å². The lowest BCUT2D eigenvalue weighted by molar-refractivity contribution is 0.137. The topological polar surface area (TPSA) is 88.7 Å². The highest BCUT2D eigenvalue weighted by atomic mass is 16.6. The Morgan fingerprint density at radius 2 is 0.970 bits per heavy atom. The van der Waals surface area contributed by atoms with Crippen molar-refractivity contribution in [3.8, 4) is 23.7 Å². The third-order valence-corrected chi connectivity index (χ3v) is 7.63. The standard InChI is InChI=1S/C26H37N3O4/c30-25(32-17-23-19-9-5-1-2-6-10-20(19)23)28-15-13-27-14-16-29-26(31)33-18-24-21-11-7-3-4-8-12-22(21)24/h19-24,27H,5-18H2,(H,28,30)(H,29,31)/t19-,20+,21-,22+,23?,24?. The van der Waals surface area contributed by atoms with Crippen molar-refractivity contribution in [2.24, 2.45) is 35.5 Å². The van der Waals surface area contributed by atoms with E-state index < -0.39 is 0 Å². The quantitative estimate of drug-likeness (QED) is 0.348. The highest BCUT2D eigenvalue weighted by molar-refractivity contribution is 5.67. The third kappa shape index (κ3) is 7.30. The number of alkyl carbamates (subject to hydrolysis) is 2. The fraction of sp³-hybridized carbons (Fsp3) is 0.769. The van der Waals surface area contributed by atoms with Crippen molar-refractivity contribution >= 4 is 12.2 Å². The number of hydrogen-bond donors (Lipinski definition) is 3. The molecule has 7 nitrogen and oxygen atoms in total. The maximum Gasteiger partial charge on any atom is 0.407 e. The SMILES string of the molecule is O=C(NCCNCCNC(=O)OCC1[C@H]2CCC#CCC[C@@H]12)OCC1[C@H]2CCC#CCC[C@@H]12. The van der Waals surface area contributed by atoms with Crippen molar-refractivity contribution in [3.05, 3.63) is 0 Å². The molecule has 4 rings (SSSR count). The number of rotatable bonds is 10. The summed E-state index contributed by atoms with van der Waals surface area (Å²) in [6.45, 7) is 3.23. The number of hydrogen-bond acceptors (Lipinski definition) is 5. The van der Waals surface area contributed by atoms with Gasteiger partial charge >= 0.3 is 12.2 Å². The van der Waals surface area contributed by atoms with Gasteiger partial charge in [-0.25, -0.2) is 9.59 Å². The molecule has 0 aliphatic heterocycles. The molecule has 4 aliphatic carbocycles. The minimum absolute atomic E-state index is 0.354. The first kappa shape index (κ1) is 23.8. The number of amides is 2. The van der Waals surface area contributed by atoms with Gasteiger partial charge in [0.15, 0.2) is 0 Å². The van der Waals surface area contributed by atoms with Crippen molar-refractivity contribution in [1.29, 1.82) is 0 Å². The van der Waals surface area contributed by atoms with E-state index in [0.717, 1.165) is 51.4 Å². The molecule has 2 amide bonds. The highest BCUT2D eigenvalue weighted by Crippen LogP contribution is 2.53. The molecule has 0 aromatic carbocycles. The van der Waals surface area contributed by atoms with E-state index in [1.807, 2.05) is 0 Å². The average molecular weight is 456 g/mol. The molecule has 4 aliphatic rings. The first-order valence-electron chi connectivity index (χ1n) is 12.7. The van der Waals surface area contributed by atoms with Gasteiger partial charge in [0.2, 0.25) is 0 Å². The lowest BCUT2D eigenvalue weighted by atomic mass is 10.1. The molecular weight excluding hydrogens is 418 g/mol. The molecule has 0 aromatic heterocycles. The third-order valence-electron chi connectivity index (χ3n) is 7.63. The molecule has 180 valence electrons. The predicted molar refractivity (Wildman–Crippen MR) is 125 cm³/mol. The van der Waals surface area contributed by atoms with Crippen LogP contribution in [0.3, 0.4) is 0 Å². The normalized spacial score (nSPS) is 31.2. The Labute approximate surface area is 197 Å². The zero-order valence-electron chi connectivity index (χ0n) is 19.5. The molecule has 0 bridgehead atoms. The van der Waals surface area contributed by atoms with E-state index in [-0.39, 0.29) is 12.2 Å². The molecule has 0 heterocycles. The molecule has 2 unspecified atom stereocenters. The Bertz CT molecular complexity index is 706. The first-order valence-corrected chi connectivity index (χ1v) is 12.7. The zero-order valence-corrected chi connectivity index (χ0v) is 19.5. The van der Waals surface area contributed by atoms with Gasteiger partial charge in [0.1, 0.15) is 0 Å². The molecule has 0 spiro atoms. The number of ether oxygens (including phenoxy) is 2. The van der Waals surface area contributed by atoms with Crippen LogP contribution in [0.4, 0.5) is 9.59 Å². The molecule has 0 radical (unpaired) electrons. The maximum atomic E-state index is 11.9. The molecular formula is C26H37N3O4. The van der Waals surface area contributed by atoms with Crippen LogP contribution < -0.4 is 16.0 Å². The smallest absolute Gasteiger partial charge is 0.407 e. The second-order valence-corrected chi connectivity index (χ2v) is 9.65. The molecule has 2 saturated carbocycles. The van der Waals surface area contributed by atoms with Gasteiger partial charge in [-0.3, -0.25) is 0 Å². The Hall–Kier alpha value is -2.38. The van der Waals surface area contributed by atoms with Crippen LogP contribution in [-0.2, 0) is 9.47 Å². The summed E-state index contributed by atoms with van der Waals surface area (Å²) in [5, 5.41) is 8.74. The predicted octanol–water partition coefficient (Wildman–Crippen LogP) is 2.91. The minimum atomic E-state index is -0.354. The van der Waals surface area contributed by atoms with Crippen molar-refractivity contribution < 1.29 is 19.1 Å². The lowest BCUT2D eigenvalue weighted by Gasteiger charge is -2.09. The van der Waals surface area contributed by atoms with E-state index in [1.54, 1.807) is 0 Å². The fourth-order valence-corrected chi connectivity index (χ4v) is 5.64. The summed E-state index contributed by atoms with van der Waals surface area (Å²) < 4.78 is 10.8. The summed E-state index contributed by atoms with van der Waals surface area (Å²) in [5.41, 5.74) is 0. The van der Waals surface area contributed by atoms with Crippen LogP contribution in [0.5, 0.6) is 0 Å². The van der Waals surface area contributed by atoms with Crippen LogP contribution >= 0.6 is 0 Å². The molecule has 0 aromatic rings. The largest absolute Gasteiger partial charge is 0.449 e. The summed E-state index contributed by atoms with van der Waals surface area (Å²) >= 11 is 0. The Kier molecular flexibility index (Phi) is 8.78. The van der Waals surface area contributed by atoms with Gasteiger partial charge in [-0.2, -0.15) is 0 Å². The summed E-state index contributed by atoms with van der Waals surface area (Å²) in [5.74, 6) is 16.6. The first-order chi connectivity index (χ1) is 16.2. The summed E-state index contributed by atoms with van der Waals surface area (Å²) in [4.78, 5) is 23.8. The number of carbonyl (C=O) groups is 2. The summed E-state index contributed by atoms with van der Waals surface area (Å²) in [7, 11) is 0. The molecule has 0 saturated heterocycles. The van der Waals surface area contributed by atoms with E-state index in [9.17, 15) is 9.59 Å². The van der Waals surface area contributed by atoms with Crippen LogP contribution in [0.1, 0.15) is 51.4 Å². The number of nitrogens with one attached hydrogen (secondary N) is 3. The summed E-state index contributed by atoms with van der Waals surface area (Å²) in [6, 6.07) is 0. The van der Waals surface area contributed by atoms with Gasteiger partial charge in [0.05, 0.1) is 13.2 Å². The van der Waals surface area contributed by atoms with Gasteiger partial charge in [-0.1, -0.05) is 0 Å². The molecule has 2 fully saturated rings. The van der Waals surface area contributed by atoms with Gasteiger partial charge in [-0.15, -0.1) is 23.7 Å². The molecule has 33 heavy (non-hydrogen) atoms. The van der Waals surface area contributed by atoms with Crippen molar-refractivity contribution in [1.82, 2.24) is 16.0 Å². The molecule has 3 N–H and O–H groups in total. The second kappa shape index (κ2) is 12.2. The van der Waals surface area contributed by atoms with Crippen molar-refractivity contribution in [2.45, 2.75) is 51.4 Å². The van der Waals surface area contributed by atoms with Crippen molar-refractivity contribution in [2.75, 3.05) is 39.4 Å². The van der Waals surface area contributed by atoms with Crippen molar-refractivity contribution in [3.63, 3.8) is 0 Å². The Balaban J connectivity index is 0.946. The van der Waals surface area contributed by atoms with E-state index >= 15 is 0 Å². The van der Waals surface area contributed by atoms with Gasteiger partial charge in [0.25, 0.3) is 0 Å². The summed E-state index contributed by atoms with van der Waals surface area (Å²) in [6.07, 6.45) is 7.72. The maximum absolute atomic E-state index is 11.9. The molecule has 6 atom stereocenters. The van der Waals surface area contributed by atoms with Gasteiger partial charge in [-0.05, 0) is 61.2 Å².